The molecule has 3 heterocycles. The van der Waals surface area contributed by atoms with Crippen LogP contribution in [-0.4, -0.2) is 41.1 Å². The van der Waals surface area contributed by atoms with E-state index in [1.54, 1.807) is 24.6 Å². The molecule has 3 aromatic rings. The Bertz CT molecular complexity index is 1080. The van der Waals surface area contributed by atoms with Crippen LogP contribution in [0.4, 0.5) is 11.6 Å². The van der Waals surface area contributed by atoms with Gasteiger partial charge >= 0.3 is 5.97 Å². The SMILES string of the molecule is COC(=O)c1cc(-c2cccs2)cnc1Nc1cc(CC(C)C)n(C2CCCC(OC)C2)n1. The van der Waals surface area contributed by atoms with Crippen LogP contribution >= 0.6 is 11.3 Å². The molecule has 1 saturated carbocycles. The number of thiophene rings is 1. The van der Waals surface area contributed by atoms with Gasteiger partial charge in [-0.25, -0.2) is 9.78 Å². The van der Waals surface area contributed by atoms with Crippen LogP contribution in [0.5, 0.6) is 0 Å². The Kier molecular flexibility index (Phi) is 7.45. The number of hydrogen-bond acceptors (Lipinski definition) is 7. The van der Waals surface area contributed by atoms with Crippen LogP contribution in [0.2, 0.25) is 0 Å². The third-order valence-electron chi connectivity index (χ3n) is 6.05. The molecule has 0 aliphatic heterocycles. The van der Waals surface area contributed by atoms with E-state index in [2.05, 4.69) is 34.9 Å². The quantitative estimate of drug-likeness (QED) is 0.417. The highest BCUT2D eigenvalue weighted by molar-refractivity contribution is 7.13. The molecule has 1 fully saturated rings. The van der Waals surface area contributed by atoms with Gasteiger partial charge < -0.3 is 14.8 Å². The maximum absolute atomic E-state index is 12.5. The molecular formula is C25H32N4O3S. The summed E-state index contributed by atoms with van der Waals surface area (Å²) in [5, 5.41) is 10.2. The Labute approximate surface area is 199 Å². The summed E-state index contributed by atoms with van der Waals surface area (Å²) in [5.74, 6) is 1.21. The van der Waals surface area contributed by atoms with Gasteiger partial charge in [-0.05, 0) is 55.5 Å². The third-order valence-corrected chi connectivity index (χ3v) is 6.97. The maximum Gasteiger partial charge on any atom is 0.341 e. The molecule has 2 unspecified atom stereocenters. The molecule has 0 radical (unpaired) electrons. The number of methoxy groups -OCH3 is 2. The number of aromatic nitrogens is 3. The molecule has 0 amide bonds. The molecule has 33 heavy (non-hydrogen) atoms. The van der Waals surface area contributed by atoms with Crippen LogP contribution in [0.25, 0.3) is 10.4 Å². The molecular weight excluding hydrogens is 436 g/mol. The predicted molar refractivity (Wildman–Crippen MR) is 131 cm³/mol. The summed E-state index contributed by atoms with van der Waals surface area (Å²) < 4.78 is 12.8. The number of anilines is 2. The van der Waals surface area contributed by atoms with Gasteiger partial charge in [-0.15, -0.1) is 11.3 Å². The molecule has 1 N–H and O–H groups in total. The summed E-state index contributed by atoms with van der Waals surface area (Å²) in [4.78, 5) is 18.2. The van der Waals surface area contributed by atoms with Crippen molar-refractivity contribution in [1.29, 1.82) is 0 Å². The van der Waals surface area contributed by atoms with Gasteiger partial charge in [-0.1, -0.05) is 19.9 Å². The molecule has 4 rings (SSSR count). The van der Waals surface area contributed by atoms with Gasteiger partial charge in [0, 0.05) is 35.5 Å². The van der Waals surface area contributed by atoms with Crippen molar-refractivity contribution < 1.29 is 14.3 Å². The Morgan fingerprint density at radius 1 is 1.30 bits per heavy atom. The van der Waals surface area contributed by atoms with Crippen molar-refractivity contribution in [3.8, 4) is 10.4 Å². The summed E-state index contributed by atoms with van der Waals surface area (Å²) in [5.41, 5.74) is 2.46. The lowest BCUT2D eigenvalue weighted by Gasteiger charge is -2.29. The highest BCUT2D eigenvalue weighted by Gasteiger charge is 2.26. The monoisotopic (exact) mass is 468 g/mol. The summed E-state index contributed by atoms with van der Waals surface area (Å²) >= 11 is 1.60. The van der Waals surface area contributed by atoms with Gasteiger partial charge in [0.2, 0.25) is 0 Å². The van der Waals surface area contributed by atoms with E-state index >= 15 is 0 Å². The zero-order valence-corrected chi connectivity index (χ0v) is 20.5. The number of carbonyl (C=O) groups is 1. The highest BCUT2D eigenvalue weighted by atomic mass is 32.1. The molecule has 2 atom stereocenters. The minimum atomic E-state index is -0.430. The summed E-state index contributed by atoms with van der Waals surface area (Å²) in [6.45, 7) is 4.42. The minimum absolute atomic E-state index is 0.272. The minimum Gasteiger partial charge on any atom is -0.465 e. The van der Waals surface area contributed by atoms with Gasteiger partial charge in [-0.2, -0.15) is 5.10 Å². The molecule has 0 saturated heterocycles. The molecule has 3 aromatic heterocycles. The van der Waals surface area contributed by atoms with E-state index in [9.17, 15) is 4.79 Å². The zero-order valence-electron chi connectivity index (χ0n) is 19.7. The second-order valence-corrected chi connectivity index (χ2v) is 9.90. The lowest BCUT2D eigenvalue weighted by Crippen LogP contribution is -2.26. The molecule has 0 spiro atoms. The average Bonchev–Trinajstić information content (AvgIpc) is 3.49. The molecule has 1 aliphatic carbocycles. The summed E-state index contributed by atoms with van der Waals surface area (Å²) in [7, 11) is 3.17. The normalized spacial score (nSPS) is 18.5. The number of nitrogens with zero attached hydrogens (tertiary/aromatic N) is 3. The van der Waals surface area contributed by atoms with E-state index < -0.39 is 5.97 Å². The van der Waals surface area contributed by atoms with E-state index in [0.29, 0.717) is 29.2 Å². The Balaban J connectivity index is 1.65. The number of hydrogen-bond donors (Lipinski definition) is 1. The fourth-order valence-corrected chi connectivity index (χ4v) is 5.18. The number of pyridine rings is 1. The molecule has 8 heteroatoms. The first-order valence-electron chi connectivity index (χ1n) is 11.5. The van der Waals surface area contributed by atoms with E-state index in [4.69, 9.17) is 14.6 Å². The topological polar surface area (TPSA) is 78.3 Å². The van der Waals surface area contributed by atoms with Crippen molar-refractivity contribution in [2.24, 2.45) is 5.92 Å². The zero-order chi connectivity index (χ0) is 23.4. The predicted octanol–water partition coefficient (Wildman–Crippen LogP) is 5.87. The number of esters is 1. The fraction of sp³-hybridized carbons (Fsp3) is 0.480. The Hall–Kier alpha value is -2.71. The van der Waals surface area contributed by atoms with Gasteiger partial charge in [0.1, 0.15) is 11.4 Å². The number of rotatable bonds is 8. The van der Waals surface area contributed by atoms with Crippen molar-refractivity contribution in [2.45, 2.75) is 58.1 Å². The maximum atomic E-state index is 12.5. The van der Waals surface area contributed by atoms with Crippen molar-refractivity contribution >= 4 is 28.9 Å². The van der Waals surface area contributed by atoms with Crippen LogP contribution in [0.15, 0.2) is 35.8 Å². The van der Waals surface area contributed by atoms with E-state index in [-0.39, 0.29) is 6.10 Å². The van der Waals surface area contributed by atoms with Crippen molar-refractivity contribution in [1.82, 2.24) is 14.8 Å². The van der Waals surface area contributed by atoms with Crippen molar-refractivity contribution in [2.75, 3.05) is 19.5 Å². The van der Waals surface area contributed by atoms with E-state index in [1.807, 2.05) is 23.6 Å². The molecule has 0 bridgehead atoms. The lowest BCUT2D eigenvalue weighted by atomic mass is 9.92. The number of carbonyl (C=O) groups excluding carboxylic acids is 1. The largest absolute Gasteiger partial charge is 0.465 e. The summed E-state index contributed by atoms with van der Waals surface area (Å²) in [6.07, 6.45) is 7.26. The average molecular weight is 469 g/mol. The second kappa shape index (κ2) is 10.5. The molecule has 0 aromatic carbocycles. The summed E-state index contributed by atoms with van der Waals surface area (Å²) in [6, 6.07) is 8.19. The van der Waals surface area contributed by atoms with E-state index in [1.165, 1.54) is 12.8 Å². The third kappa shape index (κ3) is 5.45. The smallest absolute Gasteiger partial charge is 0.341 e. The van der Waals surface area contributed by atoms with Gasteiger partial charge in [-0.3, -0.25) is 4.68 Å². The number of ether oxygens (including phenoxy) is 2. The standard InChI is InChI=1S/C25H32N4O3S/c1-16(2)11-19-14-23(28-29(19)18-7-5-8-20(13-18)31-3)27-24-21(25(30)32-4)12-17(15-26-24)22-9-6-10-33-22/h6,9-10,12,14-16,18,20H,5,7-8,11,13H2,1-4H3,(H,26,27,28). The van der Waals surface area contributed by atoms with E-state index in [0.717, 1.165) is 42.5 Å². The van der Waals surface area contributed by atoms with Crippen LogP contribution in [0.3, 0.4) is 0 Å². The molecule has 7 nitrogen and oxygen atoms in total. The molecule has 1 aliphatic rings. The second-order valence-electron chi connectivity index (χ2n) is 8.96. The number of nitrogens with one attached hydrogen (secondary N) is 1. The first-order valence-corrected chi connectivity index (χ1v) is 12.4. The van der Waals surface area contributed by atoms with Gasteiger partial charge in [0.05, 0.1) is 19.3 Å². The first-order chi connectivity index (χ1) is 16.0. The van der Waals surface area contributed by atoms with Crippen molar-refractivity contribution in [3.63, 3.8) is 0 Å². The lowest BCUT2D eigenvalue weighted by molar-refractivity contribution is 0.0502. The Morgan fingerprint density at radius 2 is 2.15 bits per heavy atom. The van der Waals surface area contributed by atoms with Gasteiger partial charge in [0.25, 0.3) is 0 Å². The highest BCUT2D eigenvalue weighted by Crippen LogP contribution is 2.33. The van der Waals surface area contributed by atoms with Crippen molar-refractivity contribution in [3.05, 3.63) is 47.1 Å². The first kappa shape index (κ1) is 23.4. The fourth-order valence-electron chi connectivity index (χ4n) is 4.47. The Morgan fingerprint density at radius 3 is 2.85 bits per heavy atom. The van der Waals surface area contributed by atoms with Gasteiger partial charge in [0.15, 0.2) is 5.82 Å². The van der Waals surface area contributed by atoms with Crippen LogP contribution in [-0.2, 0) is 15.9 Å². The van der Waals surface area contributed by atoms with Crippen LogP contribution in [0, 0.1) is 5.92 Å². The van der Waals surface area contributed by atoms with Crippen LogP contribution < -0.4 is 5.32 Å². The van der Waals surface area contributed by atoms with Crippen LogP contribution in [0.1, 0.15) is 61.6 Å². The molecule has 176 valence electrons.